The van der Waals surface area contributed by atoms with E-state index >= 15 is 0 Å². The van der Waals surface area contributed by atoms with E-state index in [1.165, 1.54) is 180 Å². The summed E-state index contributed by atoms with van der Waals surface area (Å²) in [5.41, 5.74) is 0. The van der Waals surface area contributed by atoms with Crippen molar-refractivity contribution in [2.75, 3.05) is 41.2 Å². The molecule has 11 atom stereocenters. The van der Waals surface area contributed by atoms with Gasteiger partial charge in [-0.05, 0) is 71.1 Å². The Morgan fingerprint density at radius 3 is 1.49 bits per heavy atom. The summed E-state index contributed by atoms with van der Waals surface area (Å²) in [6.45, 7) is 16.6. The van der Waals surface area contributed by atoms with E-state index in [2.05, 4.69) is 57.4 Å². The summed E-state index contributed by atoms with van der Waals surface area (Å²) in [5.74, 6) is -0.231. The fourth-order valence-electron chi connectivity index (χ4n) is 11.8. The van der Waals surface area contributed by atoms with Gasteiger partial charge in [-0.25, -0.2) is 0 Å². The van der Waals surface area contributed by atoms with Crippen molar-refractivity contribution >= 4 is 17.6 Å². The fourth-order valence-corrected chi connectivity index (χ4v) is 11.8. The number of carbonyl (C=O) groups excluding carboxylic acids is 3. The molecule has 3 N–H and O–H groups in total. The van der Waals surface area contributed by atoms with Gasteiger partial charge in [-0.15, -0.1) is 0 Å². The molecule has 0 aromatic rings. The molecule has 11 unspecified atom stereocenters. The second-order valence-electron chi connectivity index (χ2n) is 24.7. The van der Waals surface area contributed by atoms with E-state index in [0.717, 1.165) is 57.8 Å². The van der Waals surface area contributed by atoms with Gasteiger partial charge in [0.15, 0.2) is 6.29 Å². The highest BCUT2D eigenvalue weighted by Gasteiger charge is 2.46. The second kappa shape index (κ2) is 55.3. The first-order chi connectivity index (χ1) is 40.5. The Kier molecular flexibility index (Phi) is 52.7. The molecule has 13 nitrogen and oxygen atoms in total. The summed E-state index contributed by atoms with van der Waals surface area (Å²) in [6.07, 6.45) is 48.4. The number of rotatable bonds is 54. The molecule has 0 aliphatic carbocycles. The monoisotopic (exact) mass is 1180 g/mol. The topological polar surface area (TPSA) is 160 Å². The Balaban J connectivity index is 0.000000842. The number of amides is 2. The lowest BCUT2D eigenvalue weighted by Crippen LogP contribution is -2.63. The van der Waals surface area contributed by atoms with Gasteiger partial charge in [-0.3, -0.25) is 14.4 Å². The van der Waals surface area contributed by atoms with Crippen LogP contribution in [0.2, 0.25) is 0 Å². The van der Waals surface area contributed by atoms with Gasteiger partial charge >= 0.3 is 0 Å². The highest BCUT2D eigenvalue weighted by atomic mass is 16.7. The molecule has 2 heterocycles. The number of ether oxygens (including phenoxy) is 7. The van der Waals surface area contributed by atoms with Crippen LogP contribution in [0.3, 0.4) is 0 Å². The van der Waals surface area contributed by atoms with Crippen molar-refractivity contribution in [2.45, 2.75) is 373 Å². The summed E-state index contributed by atoms with van der Waals surface area (Å²) >= 11 is 0. The van der Waals surface area contributed by atoms with E-state index in [1.54, 1.807) is 21.3 Å². The zero-order chi connectivity index (χ0) is 61.0. The van der Waals surface area contributed by atoms with Crippen molar-refractivity contribution in [2.24, 2.45) is 5.92 Å². The van der Waals surface area contributed by atoms with Crippen LogP contribution in [0.25, 0.3) is 0 Å². The highest BCUT2D eigenvalue weighted by molar-refractivity contribution is 5.98. The van der Waals surface area contributed by atoms with E-state index < -0.39 is 24.5 Å². The minimum Gasteiger partial charge on any atom is -0.388 e. The molecule has 0 aromatic carbocycles. The molecule has 2 rings (SSSR count). The molecule has 0 aromatic heterocycles. The molecule has 0 bridgehead atoms. The Morgan fingerprint density at radius 1 is 0.506 bits per heavy atom. The van der Waals surface area contributed by atoms with Crippen molar-refractivity contribution in [3.8, 4) is 0 Å². The molecule has 2 aliphatic heterocycles. The molecule has 2 amide bonds. The van der Waals surface area contributed by atoms with Gasteiger partial charge in [-0.2, -0.15) is 0 Å². The number of ketones is 1. The zero-order valence-electron chi connectivity index (χ0n) is 55.6. The average molecular weight is 1180 g/mol. The molecule has 0 radical (unpaired) electrons. The van der Waals surface area contributed by atoms with E-state index in [4.69, 9.17) is 33.2 Å². The largest absolute Gasteiger partial charge is 0.388 e. The summed E-state index contributed by atoms with van der Waals surface area (Å²) in [7, 11) is 5.10. The molecule has 2 fully saturated rings. The van der Waals surface area contributed by atoms with Gasteiger partial charge in [-0.1, -0.05) is 233 Å². The SMILES string of the molecule is CCCCCC/C=C\CCCCCCCCCC(=O)NC1C(OC)OC(COC)C(C)C1OCCC(CCCCCCC)OC.CCCCCCCCCCCC(=O)CC(=O)NC1C(C)OC(CC)C(O)C1OCCCCCCCCCC. The van der Waals surface area contributed by atoms with Crippen molar-refractivity contribution in [1.82, 2.24) is 10.6 Å². The molecule has 13 heteroatoms. The summed E-state index contributed by atoms with van der Waals surface area (Å²) in [6, 6.07) is -0.833. The number of aliphatic hydroxyl groups is 1. The number of nitrogens with one attached hydrogen (secondary N) is 2. The number of hydrogen-bond donors (Lipinski definition) is 3. The molecule has 0 spiro atoms. The third-order valence-corrected chi connectivity index (χ3v) is 17.3. The van der Waals surface area contributed by atoms with Crippen molar-refractivity contribution in [3.63, 3.8) is 0 Å². The first kappa shape index (κ1) is 79.0. The number of aliphatic hydroxyl groups excluding tert-OH is 1. The maximum Gasteiger partial charge on any atom is 0.227 e. The van der Waals surface area contributed by atoms with Crippen LogP contribution in [-0.4, -0.2) is 125 Å². The van der Waals surface area contributed by atoms with E-state index in [1.807, 2.05) is 13.8 Å². The number of carbonyl (C=O) groups is 3. The molecule has 0 saturated carbocycles. The third-order valence-electron chi connectivity index (χ3n) is 17.3. The maximum atomic E-state index is 13.1. The lowest BCUT2D eigenvalue weighted by molar-refractivity contribution is -0.255. The van der Waals surface area contributed by atoms with Gasteiger partial charge in [0.2, 0.25) is 11.8 Å². The molecule has 490 valence electrons. The first-order valence-electron chi connectivity index (χ1n) is 35.0. The minimum atomic E-state index is -0.798. The number of hydrogen-bond acceptors (Lipinski definition) is 11. The summed E-state index contributed by atoms with van der Waals surface area (Å²) in [4.78, 5) is 38.2. The maximum absolute atomic E-state index is 13.1. The summed E-state index contributed by atoms with van der Waals surface area (Å²) in [5, 5.41) is 17.1. The van der Waals surface area contributed by atoms with Crippen LogP contribution in [0, 0.1) is 5.92 Å². The molecular weight excluding hydrogens is 1040 g/mol. The van der Waals surface area contributed by atoms with Gasteiger partial charge in [0.1, 0.15) is 24.0 Å². The average Bonchev–Trinajstić information content (AvgIpc) is 3.51. The molecular formula is C70H134N2O11. The Bertz CT molecular complexity index is 1520. The van der Waals surface area contributed by atoms with E-state index in [0.29, 0.717) is 39.1 Å². The van der Waals surface area contributed by atoms with Crippen LogP contribution in [0.5, 0.6) is 0 Å². The third kappa shape index (κ3) is 39.5. The molecule has 83 heavy (non-hydrogen) atoms. The van der Waals surface area contributed by atoms with Crippen LogP contribution in [0.1, 0.15) is 312 Å². The second-order valence-corrected chi connectivity index (χ2v) is 24.7. The van der Waals surface area contributed by atoms with Crippen LogP contribution in [0.15, 0.2) is 12.2 Å². The van der Waals surface area contributed by atoms with Gasteiger partial charge in [0.05, 0.1) is 49.6 Å². The predicted octanol–water partition coefficient (Wildman–Crippen LogP) is 16.7. The van der Waals surface area contributed by atoms with Gasteiger partial charge in [0, 0.05) is 53.3 Å². The van der Waals surface area contributed by atoms with Crippen LogP contribution in [-0.2, 0) is 47.5 Å². The van der Waals surface area contributed by atoms with E-state index in [9.17, 15) is 19.5 Å². The molecule has 2 saturated heterocycles. The Morgan fingerprint density at radius 2 is 0.976 bits per heavy atom. The van der Waals surface area contributed by atoms with Crippen molar-refractivity contribution < 1.29 is 52.6 Å². The van der Waals surface area contributed by atoms with Crippen LogP contribution >= 0.6 is 0 Å². The standard InChI is InChI=1S/C38H73NO6.C32H61NO5/c1-7-9-11-13-14-15-16-17-18-19-20-21-22-24-26-28-35(40)39-36-37(32(3)34(31-41-4)45-38(36)43-6)44-30-29-33(42-5)27-25-23-12-10-8-2;1-5-8-10-12-14-16-17-19-21-23-27(34)25-29(35)33-30-26(4)38-28(7-3)31(36)32(30)37-24-22-20-18-15-13-11-9-6-2/h15-16,32-34,36-38H,7-14,17-31H2,1-6H3,(H,39,40);26,28,30-32,36H,5-25H2,1-4H3,(H,33,35)/b16-15-;. The quantitative estimate of drug-likeness (QED) is 0.0302. The lowest BCUT2D eigenvalue weighted by Gasteiger charge is -2.45. The smallest absolute Gasteiger partial charge is 0.227 e. The zero-order valence-corrected chi connectivity index (χ0v) is 55.6. The first-order valence-corrected chi connectivity index (χ1v) is 35.0. The number of allylic oxidation sites excluding steroid dienone is 2. The van der Waals surface area contributed by atoms with Crippen molar-refractivity contribution in [1.29, 1.82) is 0 Å². The Hall–Kier alpha value is -1.97. The highest BCUT2D eigenvalue weighted by Crippen LogP contribution is 2.31. The summed E-state index contributed by atoms with van der Waals surface area (Å²) < 4.78 is 41.8. The molecule has 2 aliphatic rings. The predicted molar refractivity (Wildman–Crippen MR) is 343 cm³/mol. The number of unbranched alkanes of at least 4 members (excludes halogenated alkanes) is 30. The van der Waals surface area contributed by atoms with Crippen LogP contribution < -0.4 is 10.6 Å². The van der Waals surface area contributed by atoms with Gasteiger partial charge < -0.3 is 48.9 Å². The van der Waals surface area contributed by atoms with E-state index in [-0.39, 0.29) is 66.5 Å². The lowest BCUT2D eigenvalue weighted by atomic mass is 9.88. The number of Topliss-reactive ketones (excluding diaryl/α,β-unsaturated/α-hetero) is 1. The number of methoxy groups -OCH3 is 3. The van der Waals surface area contributed by atoms with Crippen LogP contribution in [0.4, 0.5) is 0 Å². The van der Waals surface area contributed by atoms with Gasteiger partial charge in [0.25, 0.3) is 0 Å². The normalized spacial score (nSPS) is 23.0. The minimum absolute atomic E-state index is 0.0155. The van der Waals surface area contributed by atoms with Crippen molar-refractivity contribution in [3.05, 3.63) is 12.2 Å². The fraction of sp³-hybridized carbons (Fsp3) is 0.929. The Labute approximate surface area is 510 Å².